The second-order valence-electron chi connectivity index (χ2n) is 4.46. The van der Waals surface area contributed by atoms with Crippen LogP contribution in [0.4, 0.5) is 0 Å². The van der Waals surface area contributed by atoms with Crippen LogP contribution in [0.3, 0.4) is 0 Å². The maximum atomic E-state index is 11.8. The van der Waals surface area contributed by atoms with Crippen LogP contribution in [0, 0.1) is 5.92 Å². The standard InChI is InChI=1S/C11H16ClN3OS/c1-2-7-3-5-8(6-4-7)13-9(16)10-14-15-11(12)17-10/h7-8H,2-6H2,1H3,(H,13,16). The summed E-state index contributed by atoms with van der Waals surface area (Å²) in [4.78, 5) is 11.8. The van der Waals surface area contributed by atoms with Crippen LogP contribution in [0.5, 0.6) is 0 Å². The van der Waals surface area contributed by atoms with Crippen molar-refractivity contribution in [3.8, 4) is 0 Å². The molecule has 1 aliphatic rings. The van der Waals surface area contributed by atoms with Crippen molar-refractivity contribution < 1.29 is 4.79 Å². The molecule has 1 saturated carbocycles. The summed E-state index contributed by atoms with van der Waals surface area (Å²) in [7, 11) is 0. The van der Waals surface area contributed by atoms with Gasteiger partial charge in [0, 0.05) is 6.04 Å². The molecule has 1 aromatic rings. The highest BCUT2D eigenvalue weighted by molar-refractivity contribution is 7.17. The van der Waals surface area contributed by atoms with E-state index in [0.717, 1.165) is 30.1 Å². The van der Waals surface area contributed by atoms with E-state index in [9.17, 15) is 4.79 Å². The van der Waals surface area contributed by atoms with Crippen molar-refractivity contribution in [1.29, 1.82) is 0 Å². The van der Waals surface area contributed by atoms with E-state index in [4.69, 9.17) is 11.6 Å². The molecular formula is C11H16ClN3OS. The third kappa shape index (κ3) is 3.39. The van der Waals surface area contributed by atoms with Crippen LogP contribution in [0.2, 0.25) is 4.47 Å². The average molecular weight is 274 g/mol. The number of hydrogen-bond donors (Lipinski definition) is 1. The Hall–Kier alpha value is -0.680. The van der Waals surface area contributed by atoms with Gasteiger partial charge in [0.1, 0.15) is 0 Å². The molecule has 0 bridgehead atoms. The molecule has 17 heavy (non-hydrogen) atoms. The van der Waals surface area contributed by atoms with Gasteiger partial charge in [0.25, 0.3) is 5.91 Å². The van der Waals surface area contributed by atoms with Crippen LogP contribution in [-0.4, -0.2) is 22.1 Å². The molecule has 1 heterocycles. The molecule has 0 aromatic carbocycles. The molecule has 1 aromatic heterocycles. The van der Waals surface area contributed by atoms with Gasteiger partial charge in [-0.1, -0.05) is 24.7 Å². The van der Waals surface area contributed by atoms with Crippen LogP contribution in [0.1, 0.15) is 48.8 Å². The summed E-state index contributed by atoms with van der Waals surface area (Å²) in [6.07, 6.45) is 5.79. The predicted octanol–water partition coefficient (Wildman–Crippen LogP) is 2.89. The van der Waals surface area contributed by atoms with Crippen LogP contribution < -0.4 is 5.32 Å². The van der Waals surface area contributed by atoms with E-state index >= 15 is 0 Å². The molecular weight excluding hydrogens is 258 g/mol. The fourth-order valence-corrected chi connectivity index (χ4v) is 2.99. The van der Waals surface area contributed by atoms with Gasteiger partial charge in [-0.15, -0.1) is 10.2 Å². The molecule has 2 rings (SSSR count). The summed E-state index contributed by atoms with van der Waals surface area (Å²) >= 11 is 6.77. The van der Waals surface area contributed by atoms with Crippen molar-refractivity contribution in [2.45, 2.75) is 45.1 Å². The molecule has 4 nitrogen and oxygen atoms in total. The second kappa shape index (κ2) is 5.78. The number of carbonyl (C=O) groups is 1. The van der Waals surface area contributed by atoms with E-state index in [2.05, 4.69) is 22.4 Å². The summed E-state index contributed by atoms with van der Waals surface area (Å²) in [6, 6.07) is 0.285. The molecule has 0 spiro atoms. The maximum absolute atomic E-state index is 11.8. The van der Waals surface area contributed by atoms with E-state index in [1.165, 1.54) is 19.3 Å². The number of halogens is 1. The Kier molecular flexibility index (Phi) is 4.34. The zero-order chi connectivity index (χ0) is 12.3. The molecule has 1 amide bonds. The zero-order valence-electron chi connectivity index (χ0n) is 9.78. The number of rotatable bonds is 3. The lowest BCUT2D eigenvalue weighted by Gasteiger charge is -2.28. The molecule has 0 aliphatic heterocycles. The summed E-state index contributed by atoms with van der Waals surface area (Å²) < 4.78 is 0.310. The van der Waals surface area contributed by atoms with Crippen molar-refractivity contribution >= 4 is 28.8 Å². The van der Waals surface area contributed by atoms with Gasteiger partial charge in [0.05, 0.1) is 0 Å². The lowest BCUT2D eigenvalue weighted by molar-refractivity contribution is 0.0920. The zero-order valence-corrected chi connectivity index (χ0v) is 11.4. The number of aromatic nitrogens is 2. The minimum atomic E-state index is -0.144. The molecule has 0 atom stereocenters. The molecule has 1 N–H and O–H groups in total. The summed E-state index contributed by atoms with van der Waals surface area (Å²) in [5.74, 6) is 0.688. The summed E-state index contributed by atoms with van der Waals surface area (Å²) in [5, 5.41) is 10.7. The fourth-order valence-electron chi connectivity index (χ4n) is 2.26. The molecule has 0 unspecified atom stereocenters. The molecule has 0 saturated heterocycles. The monoisotopic (exact) mass is 273 g/mol. The summed E-state index contributed by atoms with van der Waals surface area (Å²) in [6.45, 7) is 2.23. The Morgan fingerprint density at radius 3 is 2.65 bits per heavy atom. The highest BCUT2D eigenvalue weighted by atomic mass is 35.5. The third-order valence-corrected chi connectivity index (χ3v) is 4.37. The largest absolute Gasteiger partial charge is 0.347 e. The first-order chi connectivity index (χ1) is 8.19. The van der Waals surface area contributed by atoms with Crippen molar-refractivity contribution in [3.63, 3.8) is 0 Å². The lowest BCUT2D eigenvalue weighted by atomic mass is 9.84. The van der Waals surface area contributed by atoms with Gasteiger partial charge < -0.3 is 5.32 Å². The van der Waals surface area contributed by atoms with E-state index in [-0.39, 0.29) is 11.9 Å². The predicted molar refractivity (Wildman–Crippen MR) is 68.4 cm³/mol. The van der Waals surface area contributed by atoms with Gasteiger partial charge >= 0.3 is 0 Å². The number of carbonyl (C=O) groups excluding carboxylic acids is 1. The first kappa shape index (κ1) is 12.8. The first-order valence-corrected chi connectivity index (χ1v) is 7.18. The SMILES string of the molecule is CCC1CCC(NC(=O)c2nnc(Cl)s2)CC1. The first-order valence-electron chi connectivity index (χ1n) is 5.99. The van der Waals surface area contributed by atoms with Crippen molar-refractivity contribution in [1.82, 2.24) is 15.5 Å². The van der Waals surface area contributed by atoms with E-state index in [1.54, 1.807) is 0 Å². The lowest BCUT2D eigenvalue weighted by Crippen LogP contribution is -2.37. The minimum Gasteiger partial charge on any atom is -0.347 e. The van der Waals surface area contributed by atoms with Crippen molar-refractivity contribution in [2.75, 3.05) is 0 Å². The molecule has 1 aliphatic carbocycles. The van der Waals surface area contributed by atoms with Gasteiger partial charge in [-0.3, -0.25) is 4.79 Å². The molecule has 94 valence electrons. The number of nitrogens with zero attached hydrogens (tertiary/aromatic N) is 2. The van der Waals surface area contributed by atoms with E-state index in [1.807, 2.05) is 0 Å². The van der Waals surface area contributed by atoms with E-state index < -0.39 is 0 Å². The average Bonchev–Trinajstić information content (AvgIpc) is 2.77. The van der Waals surface area contributed by atoms with Crippen LogP contribution in [-0.2, 0) is 0 Å². The van der Waals surface area contributed by atoms with Crippen molar-refractivity contribution in [2.24, 2.45) is 5.92 Å². The van der Waals surface area contributed by atoms with Gasteiger partial charge in [-0.05, 0) is 43.2 Å². The van der Waals surface area contributed by atoms with Gasteiger partial charge in [0.2, 0.25) is 9.47 Å². The van der Waals surface area contributed by atoms with Gasteiger partial charge in [0.15, 0.2) is 0 Å². The van der Waals surface area contributed by atoms with Crippen LogP contribution in [0.25, 0.3) is 0 Å². The van der Waals surface area contributed by atoms with Gasteiger partial charge in [-0.25, -0.2) is 0 Å². The normalized spacial score (nSPS) is 24.6. The Bertz CT molecular complexity index is 388. The molecule has 0 radical (unpaired) electrons. The topological polar surface area (TPSA) is 54.9 Å². The minimum absolute atomic E-state index is 0.144. The molecule has 6 heteroatoms. The van der Waals surface area contributed by atoms with E-state index in [0.29, 0.717) is 9.47 Å². The highest BCUT2D eigenvalue weighted by Gasteiger charge is 2.22. The quantitative estimate of drug-likeness (QED) is 0.921. The van der Waals surface area contributed by atoms with Crippen LogP contribution >= 0.6 is 22.9 Å². The number of amides is 1. The van der Waals surface area contributed by atoms with Crippen LogP contribution in [0.15, 0.2) is 0 Å². The summed E-state index contributed by atoms with van der Waals surface area (Å²) in [5.41, 5.74) is 0. The Morgan fingerprint density at radius 2 is 2.12 bits per heavy atom. The molecule has 1 fully saturated rings. The number of hydrogen-bond acceptors (Lipinski definition) is 4. The Morgan fingerprint density at radius 1 is 1.41 bits per heavy atom. The Labute approximate surface area is 110 Å². The van der Waals surface area contributed by atoms with Crippen molar-refractivity contribution in [3.05, 3.63) is 9.47 Å². The maximum Gasteiger partial charge on any atom is 0.282 e. The third-order valence-electron chi connectivity index (χ3n) is 3.35. The number of nitrogens with one attached hydrogen (secondary N) is 1. The fraction of sp³-hybridized carbons (Fsp3) is 0.727. The second-order valence-corrected chi connectivity index (χ2v) is 6.02. The highest BCUT2D eigenvalue weighted by Crippen LogP contribution is 2.26. The Balaban J connectivity index is 1.84. The smallest absolute Gasteiger partial charge is 0.282 e. The van der Waals surface area contributed by atoms with Gasteiger partial charge in [-0.2, -0.15) is 0 Å².